The molecule has 0 bridgehead atoms. The zero-order valence-corrected chi connectivity index (χ0v) is 25.6. The largest absolute Gasteiger partial charge is 0.490 e. The molecule has 1 unspecified atom stereocenters. The number of carbonyl (C=O) groups excluding carboxylic acids is 1. The first-order valence-corrected chi connectivity index (χ1v) is 14.7. The highest BCUT2D eigenvalue weighted by Crippen LogP contribution is 2.45. The summed E-state index contributed by atoms with van der Waals surface area (Å²) < 4.78 is 28.8. The minimum absolute atomic E-state index is 0.0108. The Hall–Kier alpha value is -4.64. The van der Waals surface area contributed by atoms with Gasteiger partial charge in [0.15, 0.2) is 18.1 Å². The lowest BCUT2D eigenvalue weighted by atomic mass is 9.83. The molecule has 1 atom stereocenters. The summed E-state index contributed by atoms with van der Waals surface area (Å²) in [5, 5.41) is 9.99. The summed E-state index contributed by atoms with van der Waals surface area (Å²) in [4.78, 5) is 12.6. The third-order valence-corrected chi connectivity index (χ3v) is 7.11. The molecule has 8 nitrogen and oxygen atoms in total. The van der Waals surface area contributed by atoms with Crippen molar-refractivity contribution >= 4 is 5.97 Å². The van der Waals surface area contributed by atoms with Crippen molar-refractivity contribution in [2.24, 2.45) is 5.73 Å². The first-order chi connectivity index (χ1) is 20.6. The van der Waals surface area contributed by atoms with Crippen LogP contribution in [0.3, 0.4) is 0 Å². The molecule has 0 spiro atoms. The van der Waals surface area contributed by atoms with Gasteiger partial charge in [-0.1, -0.05) is 64.8 Å². The highest BCUT2D eigenvalue weighted by atomic mass is 16.6. The molecule has 43 heavy (non-hydrogen) atoms. The molecule has 226 valence electrons. The molecule has 0 aliphatic carbocycles. The summed E-state index contributed by atoms with van der Waals surface area (Å²) in [6.45, 7) is 11.3. The van der Waals surface area contributed by atoms with E-state index in [1.807, 2.05) is 49.4 Å². The summed E-state index contributed by atoms with van der Waals surface area (Å²) in [6.07, 6.45) is 3.15. The number of rotatable bonds is 12. The number of nitriles is 1. The van der Waals surface area contributed by atoms with Crippen LogP contribution in [-0.4, -0.2) is 25.8 Å². The zero-order valence-electron chi connectivity index (χ0n) is 25.6. The maximum absolute atomic E-state index is 12.6. The van der Waals surface area contributed by atoms with Crippen molar-refractivity contribution < 1.29 is 28.5 Å². The van der Waals surface area contributed by atoms with Crippen molar-refractivity contribution in [1.29, 1.82) is 5.26 Å². The molecule has 2 N–H and O–H groups in total. The Morgan fingerprint density at radius 1 is 0.930 bits per heavy atom. The van der Waals surface area contributed by atoms with Crippen molar-refractivity contribution in [3.63, 3.8) is 0 Å². The lowest BCUT2D eigenvalue weighted by Crippen LogP contribution is -2.22. The zero-order chi connectivity index (χ0) is 31.0. The maximum atomic E-state index is 12.6. The average Bonchev–Trinajstić information content (AvgIpc) is 2.98. The van der Waals surface area contributed by atoms with E-state index in [-0.39, 0.29) is 29.2 Å². The molecule has 8 heteroatoms. The van der Waals surface area contributed by atoms with E-state index in [0.29, 0.717) is 41.8 Å². The number of esters is 1. The quantitative estimate of drug-likeness (QED) is 0.136. The molecular formula is C35H40N2O6. The van der Waals surface area contributed by atoms with Gasteiger partial charge in [0.25, 0.3) is 0 Å². The normalized spacial score (nSPS) is 14.3. The predicted molar refractivity (Wildman–Crippen MR) is 165 cm³/mol. The van der Waals surface area contributed by atoms with E-state index in [9.17, 15) is 10.1 Å². The highest BCUT2D eigenvalue weighted by molar-refractivity contribution is 5.74. The lowest BCUT2D eigenvalue weighted by Gasteiger charge is -2.27. The molecule has 3 aromatic rings. The van der Waals surface area contributed by atoms with Gasteiger partial charge in [-0.05, 0) is 60.2 Å². The van der Waals surface area contributed by atoms with Gasteiger partial charge in [0.05, 0.1) is 19.1 Å². The third kappa shape index (κ3) is 7.81. The topological polar surface area (TPSA) is 113 Å². The first kappa shape index (κ1) is 31.3. The number of nitrogens with zero attached hydrogens (tertiary/aromatic N) is 1. The standard InChI is InChI=1S/C35H40N2O6/c1-6-8-9-18-40-29-17-10-23(19-31(29)39-7-2)33-27-16-15-26(20-30(27)43-34(37)28(33)21-36)42-32(38)22-41-25-13-11-24(12-14-25)35(3,4)5/h10-17,19-20,33H,6-9,18,22,37H2,1-5H3. The number of ether oxygens (including phenoxy) is 5. The summed E-state index contributed by atoms with van der Waals surface area (Å²) >= 11 is 0. The van der Waals surface area contributed by atoms with Crippen LogP contribution in [0.5, 0.6) is 28.7 Å². The van der Waals surface area contributed by atoms with Crippen LogP contribution in [0.15, 0.2) is 72.1 Å². The van der Waals surface area contributed by atoms with E-state index < -0.39 is 11.9 Å². The van der Waals surface area contributed by atoms with Gasteiger partial charge in [0.2, 0.25) is 5.88 Å². The highest BCUT2D eigenvalue weighted by Gasteiger charge is 2.32. The number of unbranched alkanes of at least 4 members (excludes halogenated alkanes) is 2. The molecule has 0 amide bonds. The molecule has 0 saturated carbocycles. The Labute approximate surface area is 254 Å². The predicted octanol–water partition coefficient (Wildman–Crippen LogP) is 7.15. The minimum atomic E-state index is -0.565. The third-order valence-electron chi connectivity index (χ3n) is 7.11. The molecule has 0 radical (unpaired) electrons. The number of nitrogens with two attached hydrogens (primary N) is 1. The van der Waals surface area contributed by atoms with E-state index in [1.165, 1.54) is 5.56 Å². The molecule has 3 aromatic carbocycles. The van der Waals surface area contributed by atoms with Crippen LogP contribution in [0.4, 0.5) is 0 Å². The molecule has 1 heterocycles. The van der Waals surface area contributed by atoms with Gasteiger partial charge < -0.3 is 29.4 Å². The summed E-state index contributed by atoms with van der Waals surface area (Å²) in [7, 11) is 0. The first-order valence-electron chi connectivity index (χ1n) is 14.7. The van der Waals surface area contributed by atoms with Gasteiger partial charge in [0.1, 0.15) is 28.9 Å². The van der Waals surface area contributed by atoms with Crippen LogP contribution < -0.4 is 29.4 Å². The van der Waals surface area contributed by atoms with E-state index >= 15 is 0 Å². The van der Waals surface area contributed by atoms with Gasteiger partial charge in [-0.25, -0.2) is 4.79 Å². The van der Waals surface area contributed by atoms with Crippen molar-refractivity contribution in [3.8, 4) is 34.8 Å². The van der Waals surface area contributed by atoms with E-state index in [2.05, 4.69) is 33.8 Å². The summed E-state index contributed by atoms with van der Waals surface area (Å²) in [6, 6.07) is 20.5. The van der Waals surface area contributed by atoms with Gasteiger partial charge in [-0.15, -0.1) is 0 Å². The Bertz CT molecular complexity index is 1500. The second kappa shape index (κ2) is 14.0. The summed E-state index contributed by atoms with van der Waals surface area (Å²) in [5.74, 6) is 1.40. The van der Waals surface area contributed by atoms with Crippen molar-refractivity contribution in [2.45, 2.75) is 65.2 Å². The average molecular weight is 585 g/mol. The van der Waals surface area contributed by atoms with Crippen LogP contribution in [0, 0.1) is 11.3 Å². The molecule has 4 rings (SSSR count). The number of carbonyl (C=O) groups is 1. The van der Waals surface area contributed by atoms with Gasteiger partial charge in [0, 0.05) is 11.6 Å². The van der Waals surface area contributed by atoms with Gasteiger partial charge in [-0.2, -0.15) is 5.26 Å². The molecule has 0 saturated heterocycles. The van der Waals surface area contributed by atoms with E-state index in [4.69, 9.17) is 29.4 Å². The van der Waals surface area contributed by atoms with Crippen LogP contribution >= 0.6 is 0 Å². The fraction of sp³-hybridized carbons (Fsp3) is 0.371. The minimum Gasteiger partial charge on any atom is -0.490 e. The van der Waals surface area contributed by atoms with Crippen molar-refractivity contribution in [1.82, 2.24) is 0 Å². The second-order valence-corrected chi connectivity index (χ2v) is 11.4. The van der Waals surface area contributed by atoms with Gasteiger partial charge >= 0.3 is 5.97 Å². The molecule has 0 aromatic heterocycles. The van der Waals surface area contributed by atoms with Gasteiger partial charge in [-0.3, -0.25) is 0 Å². The molecule has 1 aliphatic heterocycles. The second-order valence-electron chi connectivity index (χ2n) is 11.4. The van der Waals surface area contributed by atoms with Crippen molar-refractivity contribution in [3.05, 3.63) is 88.8 Å². The lowest BCUT2D eigenvalue weighted by molar-refractivity contribution is -0.136. The number of allylic oxidation sites excluding steroid dienone is 1. The number of fused-ring (bicyclic) bond motifs is 1. The van der Waals surface area contributed by atoms with Crippen LogP contribution in [-0.2, 0) is 10.2 Å². The Balaban J connectivity index is 1.51. The van der Waals surface area contributed by atoms with E-state index in [0.717, 1.165) is 24.8 Å². The fourth-order valence-corrected chi connectivity index (χ4v) is 4.82. The Morgan fingerprint density at radius 3 is 2.35 bits per heavy atom. The smallest absolute Gasteiger partial charge is 0.349 e. The number of hydrogen-bond donors (Lipinski definition) is 1. The number of benzene rings is 3. The molecular weight excluding hydrogens is 544 g/mol. The Morgan fingerprint density at radius 2 is 1.67 bits per heavy atom. The maximum Gasteiger partial charge on any atom is 0.349 e. The monoisotopic (exact) mass is 584 g/mol. The van der Waals surface area contributed by atoms with Crippen LogP contribution in [0.25, 0.3) is 0 Å². The van der Waals surface area contributed by atoms with Crippen LogP contribution in [0.2, 0.25) is 0 Å². The van der Waals surface area contributed by atoms with E-state index in [1.54, 1.807) is 18.2 Å². The summed E-state index contributed by atoms with van der Waals surface area (Å²) in [5.41, 5.74) is 9.18. The number of hydrogen-bond acceptors (Lipinski definition) is 8. The SMILES string of the molecule is CCCCCOc1ccc(C2C(C#N)=C(N)Oc3cc(OC(=O)COc4ccc(C(C)(C)C)cc4)ccc32)cc1OCC. The van der Waals surface area contributed by atoms with Crippen molar-refractivity contribution in [2.75, 3.05) is 19.8 Å². The molecule has 0 fully saturated rings. The fourth-order valence-electron chi connectivity index (χ4n) is 4.82. The molecule has 1 aliphatic rings. The Kier molecular flexibility index (Phi) is 10.2. The van der Waals surface area contributed by atoms with Crippen LogP contribution in [0.1, 0.15) is 76.5 Å².